The summed E-state index contributed by atoms with van der Waals surface area (Å²) in [5.41, 5.74) is 4.68. The Kier molecular flexibility index (Phi) is 3.72. The first-order valence-corrected chi connectivity index (χ1v) is 2.88. The Hall–Kier alpha value is -0.160. The van der Waals surface area contributed by atoms with Crippen LogP contribution >= 0.6 is 0 Å². The summed E-state index contributed by atoms with van der Waals surface area (Å²) in [5, 5.41) is 19.7. The summed E-state index contributed by atoms with van der Waals surface area (Å²) in [5.74, 6) is 0. The van der Waals surface area contributed by atoms with E-state index in [1.165, 1.54) is 0 Å². The van der Waals surface area contributed by atoms with Gasteiger partial charge < -0.3 is 21.3 Å². The van der Waals surface area contributed by atoms with E-state index in [2.05, 4.69) is 5.32 Å². The van der Waals surface area contributed by atoms with E-state index in [0.717, 1.165) is 0 Å². The van der Waals surface area contributed by atoms with Gasteiger partial charge in [0, 0.05) is 13.0 Å². The maximum Gasteiger partial charge on any atom is 0.0919 e. The van der Waals surface area contributed by atoms with Gasteiger partial charge in [-0.3, -0.25) is 0 Å². The molecule has 0 bridgehead atoms. The number of likely N-dealkylation sites (N-methyl/N-ethyl adjacent to an activating group) is 1. The van der Waals surface area contributed by atoms with Crippen LogP contribution in [-0.2, 0) is 0 Å². The van der Waals surface area contributed by atoms with Gasteiger partial charge in [-0.15, -0.1) is 0 Å². The van der Waals surface area contributed by atoms with Gasteiger partial charge >= 0.3 is 0 Å². The van der Waals surface area contributed by atoms with Gasteiger partial charge in [0.25, 0.3) is 0 Å². The van der Waals surface area contributed by atoms with Crippen molar-refractivity contribution in [2.24, 2.45) is 5.73 Å². The fourth-order valence-corrected chi connectivity index (χ4v) is 0.483. The van der Waals surface area contributed by atoms with Crippen molar-refractivity contribution >= 4 is 0 Å². The van der Waals surface area contributed by atoms with E-state index in [9.17, 15) is 0 Å². The first-order valence-electron chi connectivity index (χ1n) is 2.88. The average Bonchev–Trinajstić information content (AvgIpc) is 1.89. The number of rotatable bonds is 4. The number of hydrogen-bond donors (Lipinski definition) is 4. The molecular formula is C5H14N2O2. The summed E-state index contributed by atoms with van der Waals surface area (Å²) < 4.78 is 0. The van der Waals surface area contributed by atoms with E-state index in [1.807, 2.05) is 0 Å². The Labute approximate surface area is 54.7 Å². The topological polar surface area (TPSA) is 78.5 Å². The molecule has 4 nitrogen and oxygen atoms in total. The SMILES string of the molecule is CNC(N)(CO)CCO. The predicted molar refractivity (Wildman–Crippen MR) is 34.8 cm³/mol. The summed E-state index contributed by atoms with van der Waals surface area (Å²) in [6, 6.07) is 0. The highest BCUT2D eigenvalue weighted by molar-refractivity contribution is 4.77. The van der Waals surface area contributed by atoms with E-state index < -0.39 is 5.66 Å². The summed E-state index contributed by atoms with van der Waals surface area (Å²) >= 11 is 0. The Morgan fingerprint density at radius 2 is 2.11 bits per heavy atom. The zero-order chi connectivity index (χ0) is 7.33. The average molecular weight is 134 g/mol. The Balaban J connectivity index is 3.62. The van der Waals surface area contributed by atoms with Crippen molar-refractivity contribution in [1.82, 2.24) is 5.32 Å². The lowest BCUT2D eigenvalue weighted by Crippen LogP contribution is -2.55. The highest BCUT2D eigenvalue weighted by atomic mass is 16.3. The van der Waals surface area contributed by atoms with E-state index >= 15 is 0 Å². The maximum atomic E-state index is 8.62. The molecule has 1 atom stereocenters. The normalized spacial score (nSPS) is 17.3. The van der Waals surface area contributed by atoms with E-state index in [0.29, 0.717) is 6.42 Å². The number of nitrogens with two attached hydrogens (primary N) is 1. The largest absolute Gasteiger partial charge is 0.396 e. The second-order valence-corrected chi connectivity index (χ2v) is 2.04. The summed E-state index contributed by atoms with van der Waals surface area (Å²) in [7, 11) is 1.64. The summed E-state index contributed by atoms with van der Waals surface area (Å²) in [4.78, 5) is 0. The smallest absolute Gasteiger partial charge is 0.0919 e. The van der Waals surface area contributed by atoms with Crippen LogP contribution in [-0.4, -0.2) is 36.1 Å². The summed E-state index contributed by atoms with van der Waals surface area (Å²) in [6.45, 7) is -0.179. The highest BCUT2D eigenvalue weighted by Gasteiger charge is 2.19. The Morgan fingerprint density at radius 1 is 1.56 bits per heavy atom. The molecule has 0 rings (SSSR count). The highest BCUT2D eigenvalue weighted by Crippen LogP contribution is 1.97. The van der Waals surface area contributed by atoms with Crippen LogP contribution in [0.2, 0.25) is 0 Å². The van der Waals surface area contributed by atoms with Gasteiger partial charge in [-0.05, 0) is 7.05 Å². The van der Waals surface area contributed by atoms with E-state index in [1.54, 1.807) is 7.05 Å². The van der Waals surface area contributed by atoms with Gasteiger partial charge in [-0.1, -0.05) is 0 Å². The van der Waals surface area contributed by atoms with Gasteiger partial charge in [-0.2, -0.15) is 0 Å². The minimum atomic E-state index is -0.811. The van der Waals surface area contributed by atoms with E-state index in [-0.39, 0.29) is 13.2 Å². The minimum absolute atomic E-state index is 0.0160. The minimum Gasteiger partial charge on any atom is -0.396 e. The number of aliphatic hydroxyl groups excluding tert-OH is 2. The van der Waals surface area contributed by atoms with Crippen LogP contribution in [0.5, 0.6) is 0 Å². The van der Waals surface area contributed by atoms with Crippen LogP contribution < -0.4 is 11.1 Å². The molecule has 0 aliphatic carbocycles. The molecule has 5 N–H and O–H groups in total. The third kappa shape index (κ3) is 2.76. The van der Waals surface area contributed by atoms with Crippen molar-refractivity contribution in [2.45, 2.75) is 12.1 Å². The van der Waals surface area contributed by atoms with Gasteiger partial charge in [0.2, 0.25) is 0 Å². The lowest BCUT2D eigenvalue weighted by atomic mass is 10.1. The van der Waals surface area contributed by atoms with Crippen molar-refractivity contribution in [1.29, 1.82) is 0 Å². The first kappa shape index (κ1) is 8.84. The van der Waals surface area contributed by atoms with Crippen molar-refractivity contribution < 1.29 is 10.2 Å². The third-order valence-electron chi connectivity index (χ3n) is 1.34. The van der Waals surface area contributed by atoms with Gasteiger partial charge in [0.1, 0.15) is 0 Å². The van der Waals surface area contributed by atoms with Gasteiger partial charge in [0.05, 0.1) is 12.3 Å². The van der Waals surface area contributed by atoms with Crippen molar-refractivity contribution in [3.8, 4) is 0 Å². The molecule has 4 heteroatoms. The molecule has 1 unspecified atom stereocenters. The molecule has 0 saturated heterocycles. The zero-order valence-electron chi connectivity index (χ0n) is 5.59. The molecule has 0 spiro atoms. The van der Waals surface area contributed by atoms with Crippen LogP contribution in [0, 0.1) is 0 Å². The monoisotopic (exact) mass is 134 g/mol. The fraction of sp³-hybridized carbons (Fsp3) is 1.00. The predicted octanol–water partition coefficient (Wildman–Crippen LogP) is -1.76. The molecule has 0 fully saturated rings. The molecule has 0 aromatic carbocycles. The van der Waals surface area contributed by atoms with Crippen LogP contribution in [0.25, 0.3) is 0 Å². The van der Waals surface area contributed by atoms with Crippen molar-refractivity contribution in [2.75, 3.05) is 20.3 Å². The van der Waals surface area contributed by atoms with Crippen LogP contribution in [0.4, 0.5) is 0 Å². The molecule has 56 valence electrons. The molecular weight excluding hydrogens is 120 g/mol. The lowest BCUT2D eigenvalue weighted by Gasteiger charge is -2.25. The molecule has 0 heterocycles. The maximum absolute atomic E-state index is 8.62. The Bertz CT molecular complexity index is 73.4. The number of nitrogens with one attached hydrogen (secondary N) is 1. The van der Waals surface area contributed by atoms with E-state index in [4.69, 9.17) is 15.9 Å². The Morgan fingerprint density at radius 3 is 2.22 bits per heavy atom. The zero-order valence-corrected chi connectivity index (χ0v) is 5.59. The molecule has 0 aromatic heterocycles. The van der Waals surface area contributed by atoms with Crippen molar-refractivity contribution in [3.63, 3.8) is 0 Å². The second kappa shape index (κ2) is 3.79. The quantitative estimate of drug-likeness (QED) is 0.343. The molecule has 0 aliphatic heterocycles. The molecule has 0 radical (unpaired) electrons. The standard InChI is InChI=1S/C5H14N2O2/c1-7-5(6,4-9)2-3-8/h7-9H,2-4,6H2,1H3. The van der Waals surface area contributed by atoms with Gasteiger partial charge in [-0.25, -0.2) is 0 Å². The second-order valence-electron chi connectivity index (χ2n) is 2.04. The number of hydrogen-bond acceptors (Lipinski definition) is 4. The van der Waals surface area contributed by atoms with Gasteiger partial charge in [0.15, 0.2) is 0 Å². The number of aliphatic hydroxyl groups is 2. The summed E-state index contributed by atoms with van der Waals surface area (Å²) in [6.07, 6.45) is 0.361. The molecule has 9 heavy (non-hydrogen) atoms. The fourth-order valence-electron chi connectivity index (χ4n) is 0.483. The lowest BCUT2D eigenvalue weighted by molar-refractivity contribution is 0.136. The molecule has 0 aromatic rings. The van der Waals surface area contributed by atoms with Crippen LogP contribution in [0.15, 0.2) is 0 Å². The molecule has 0 saturated carbocycles. The first-order chi connectivity index (χ1) is 4.18. The van der Waals surface area contributed by atoms with Crippen LogP contribution in [0.3, 0.4) is 0 Å². The molecule has 0 amide bonds. The van der Waals surface area contributed by atoms with Crippen LogP contribution in [0.1, 0.15) is 6.42 Å². The third-order valence-corrected chi connectivity index (χ3v) is 1.34. The van der Waals surface area contributed by atoms with Crippen molar-refractivity contribution in [3.05, 3.63) is 0 Å². The molecule has 0 aliphatic rings.